The van der Waals surface area contributed by atoms with E-state index in [1.165, 1.54) is 6.07 Å². The van der Waals surface area contributed by atoms with Crippen LogP contribution in [-0.2, 0) is 32.3 Å². The molecular weight excluding hydrogens is 541 g/mol. The van der Waals surface area contributed by atoms with Crippen molar-refractivity contribution >= 4 is 26.5 Å². The molecule has 12 heteroatoms. The highest BCUT2D eigenvalue weighted by Gasteiger charge is 2.31. The van der Waals surface area contributed by atoms with Gasteiger partial charge in [-0.1, -0.05) is 32.9 Å². The number of carbonyl (C=O) groups excluding carboxylic acids is 1. The zero-order valence-corrected chi connectivity index (χ0v) is 25.2. The molecule has 0 aliphatic rings. The first-order valence-corrected chi connectivity index (χ1v) is 15.5. The van der Waals surface area contributed by atoms with Crippen molar-refractivity contribution in [1.82, 2.24) is 20.3 Å². The molecule has 0 aliphatic heterocycles. The summed E-state index contributed by atoms with van der Waals surface area (Å²) in [5.74, 6) is -0.221. The molecule has 0 saturated heterocycles. The van der Waals surface area contributed by atoms with Gasteiger partial charge in [0.15, 0.2) is 0 Å². The first-order valence-electron chi connectivity index (χ1n) is 13.6. The number of halogens is 3. The maximum Gasteiger partial charge on any atom is 0.416 e. The van der Waals surface area contributed by atoms with Crippen LogP contribution in [0.3, 0.4) is 0 Å². The summed E-state index contributed by atoms with van der Waals surface area (Å²) >= 11 is 0. The molecular formula is C28H39F3N4O4Si. The van der Waals surface area contributed by atoms with Crippen molar-refractivity contribution in [3.05, 3.63) is 47.0 Å². The second-order valence-corrected chi connectivity index (χ2v) is 12.6. The summed E-state index contributed by atoms with van der Waals surface area (Å²) in [4.78, 5) is 13.7. The molecule has 220 valence electrons. The highest BCUT2D eigenvalue weighted by atomic mass is 28.2. The molecule has 2 N–H and O–H groups in total. The number of carbonyl (C=O) groups is 1. The summed E-state index contributed by atoms with van der Waals surface area (Å²) in [7, 11) is -0.555. The Morgan fingerprint density at radius 3 is 2.38 bits per heavy atom. The lowest BCUT2D eigenvalue weighted by atomic mass is 9.84. The van der Waals surface area contributed by atoms with E-state index in [0.29, 0.717) is 31.7 Å². The van der Waals surface area contributed by atoms with Gasteiger partial charge in [-0.3, -0.25) is 4.79 Å². The Bertz CT molecular complexity index is 1290. The largest absolute Gasteiger partial charge is 0.505 e. The predicted molar refractivity (Wildman–Crippen MR) is 151 cm³/mol. The molecule has 0 unspecified atom stereocenters. The number of phenolic OH excluding ortho intramolecular Hbond substituents is 1. The van der Waals surface area contributed by atoms with Gasteiger partial charge in [-0.05, 0) is 61.9 Å². The van der Waals surface area contributed by atoms with Crippen molar-refractivity contribution in [2.45, 2.75) is 77.4 Å². The van der Waals surface area contributed by atoms with Crippen LogP contribution in [0.25, 0.3) is 16.7 Å². The Labute approximate surface area is 235 Å². The minimum Gasteiger partial charge on any atom is -0.505 e. The van der Waals surface area contributed by atoms with E-state index >= 15 is 0 Å². The number of hydrogen-bond donors (Lipinski definition) is 2. The molecule has 0 spiro atoms. The maximum atomic E-state index is 13.2. The normalized spacial score (nSPS) is 12.7. The number of fused-ring (bicyclic) bond motifs is 1. The number of ether oxygens (including phenoxy) is 2. The smallest absolute Gasteiger partial charge is 0.416 e. The van der Waals surface area contributed by atoms with Crippen LogP contribution in [0.4, 0.5) is 13.2 Å². The second kappa shape index (κ2) is 13.6. The van der Waals surface area contributed by atoms with E-state index in [1.807, 2.05) is 40.7 Å². The fourth-order valence-electron chi connectivity index (χ4n) is 4.34. The Balaban J connectivity index is 1.70. The summed E-state index contributed by atoms with van der Waals surface area (Å²) in [6.45, 7) is 11.5. The third kappa shape index (κ3) is 8.52. The van der Waals surface area contributed by atoms with Gasteiger partial charge in [-0.15, -0.1) is 15.0 Å². The molecule has 1 heterocycles. The van der Waals surface area contributed by atoms with Crippen LogP contribution < -0.4 is 5.32 Å². The molecule has 0 aliphatic carbocycles. The van der Waals surface area contributed by atoms with Gasteiger partial charge in [0.2, 0.25) is 5.91 Å². The van der Waals surface area contributed by atoms with Crippen molar-refractivity contribution in [2.24, 2.45) is 0 Å². The first kappa shape index (κ1) is 31.6. The lowest BCUT2D eigenvalue weighted by molar-refractivity contribution is -0.137. The number of aromatic hydroxyl groups is 1. The van der Waals surface area contributed by atoms with Crippen molar-refractivity contribution in [3.8, 4) is 11.4 Å². The minimum atomic E-state index is -4.50. The highest BCUT2D eigenvalue weighted by molar-refractivity contribution is 6.36. The lowest BCUT2D eigenvalue weighted by Gasteiger charge is -2.23. The molecule has 8 nitrogen and oxygen atoms in total. The standard InChI is InChI=1S/C28H39F3N4O4Si/c1-6-38-26(39-7-2)40-14-8-13-32-24(36)12-9-18-15-20(27(3,4)5)25(37)23(16-18)35-33-21-11-10-19(28(29,30)31)17-22(21)34-35/h10-11,15-17,26,37H,6-9,12-14,40H2,1-5H3,(H,32,36). The number of phenols is 1. The molecule has 0 bridgehead atoms. The van der Waals surface area contributed by atoms with Crippen molar-refractivity contribution < 1.29 is 32.5 Å². The summed E-state index contributed by atoms with van der Waals surface area (Å²) in [5.41, 5.74) is 0.722. The van der Waals surface area contributed by atoms with Gasteiger partial charge in [-0.2, -0.15) is 13.2 Å². The molecule has 1 aromatic heterocycles. The number of amides is 1. The molecule has 0 atom stereocenters. The molecule has 0 saturated carbocycles. The lowest BCUT2D eigenvalue weighted by Crippen LogP contribution is -2.27. The maximum absolute atomic E-state index is 13.2. The van der Waals surface area contributed by atoms with Gasteiger partial charge < -0.3 is 19.9 Å². The third-order valence-electron chi connectivity index (χ3n) is 6.42. The van der Waals surface area contributed by atoms with Gasteiger partial charge in [0.25, 0.3) is 0 Å². The number of aryl methyl sites for hydroxylation is 1. The molecule has 1 amide bonds. The number of rotatable bonds is 13. The quantitative estimate of drug-likeness (QED) is 0.171. The topological polar surface area (TPSA) is 98.5 Å². The fraction of sp³-hybridized carbons (Fsp3) is 0.536. The number of alkyl halides is 3. The van der Waals surface area contributed by atoms with Gasteiger partial charge in [0.1, 0.15) is 28.4 Å². The minimum absolute atomic E-state index is 0.0568. The van der Waals surface area contributed by atoms with Crippen molar-refractivity contribution in [2.75, 3.05) is 19.8 Å². The third-order valence-corrected chi connectivity index (χ3v) is 8.27. The Kier molecular flexibility index (Phi) is 10.7. The van der Waals surface area contributed by atoms with E-state index in [2.05, 4.69) is 15.5 Å². The average molecular weight is 581 g/mol. The highest BCUT2D eigenvalue weighted by Crippen LogP contribution is 2.37. The van der Waals surface area contributed by atoms with Crippen LogP contribution >= 0.6 is 0 Å². The number of benzene rings is 2. The molecule has 2 aromatic carbocycles. The summed E-state index contributed by atoms with van der Waals surface area (Å²) in [5, 5.41) is 22.6. The van der Waals surface area contributed by atoms with Crippen LogP contribution in [-0.4, -0.2) is 61.2 Å². The number of nitrogens with one attached hydrogen (secondary N) is 1. The Morgan fingerprint density at radius 2 is 1.75 bits per heavy atom. The first-order chi connectivity index (χ1) is 18.8. The molecule has 0 fully saturated rings. The van der Waals surface area contributed by atoms with Crippen LogP contribution in [0.1, 0.15) is 64.2 Å². The average Bonchev–Trinajstić information content (AvgIpc) is 3.30. The van der Waals surface area contributed by atoms with E-state index in [4.69, 9.17) is 9.47 Å². The SMILES string of the molecule is CCOC(OCC)[SiH2]CCCNC(=O)CCc1cc(-n2nc3ccc(C(F)(F)F)cc3n2)c(O)c(C(C)(C)C)c1. The molecule has 40 heavy (non-hydrogen) atoms. The number of hydrogen-bond acceptors (Lipinski definition) is 6. The van der Waals surface area contributed by atoms with Crippen molar-refractivity contribution in [3.63, 3.8) is 0 Å². The van der Waals surface area contributed by atoms with E-state index in [0.717, 1.165) is 35.0 Å². The molecule has 3 rings (SSSR count). The van der Waals surface area contributed by atoms with Crippen LogP contribution in [0, 0.1) is 0 Å². The summed E-state index contributed by atoms with van der Waals surface area (Å²) in [6.07, 6.45) is -2.99. The fourth-order valence-corrected chi connectivity index (χ4v) is 6.02. The van der Waals surface area contributed by atoms with Crippen molar-refractivity contribution in [1.29, 1.82) is 0 Å². The monoisotopic (exact) mass is 580 g/mol. The summed E-state index contributed by atoms with van der Waals surface area (Å²) < 4.78 is 50.7. The van der Waals surface area contributed by atoms with Gasteiger partial charge >= 0.3 is 6.18 Å². The predicted octanol–water partition coefficient (Wildman–Crippen LogP) is 4.83. The molecule has 3 aromatic rings. The van der Waals surface area contributed by atoms with Crippen LogP contribution in [0.5, 0.6) is 5.75 Å². The van der Waals surface area contributed by atoms with Crippen LogP contribution in [0.15, 0.2) is 30.3 Å². The Morgan fingerprint density at radius 1 is 1.07 bits per heavy atom. The zero-order chi connectivity index (χ0) is 29.5. The molecule has 0 radical (unpaired) electrons. The summed E-state index contributed by atoms with van der Waals surface area (Å²) in [6, 6.07) is 7.67. The van der Waals surface area contributed by atoms with Gasteiger partial charge in [0, 0.05) is 31.7 Å². The number of nitrogens with zero attached hydrogens (tertiary/aromatic N) is 3. The van der Waals surface area contributed by atoms with Gasteiger partial charge in [0.05, 0.1) is 15.1 Å². The van der Waals surface area contributed by atoms with E-state index < -0.39 is 26.7 Å². The number of aromatic nitrogens is 3. The van der Waals surface area contributed by atoms with E-state index in [1.54, 1.807) is 6.07 Å². The Hall–Kier alpha value is -2.96. The van der Waals surface area contributed by atoms with Crippen LogP contribution in [0.2, 0.25) is 6.04 Å². The van der Waals surface area contributed by atoms with Gasteiger partial charge in [-0.25, -0.2) is 0 Å². The zero-order valence-electron chi connectivity index (χ0n) is 23.8. The van der Waals surface area contributed by atoms with E-state index in [9.17, 15) is 23.1 Å². The van der Waals surface area contributed by atoms with E-state index in [-0.39, 0.29) is 40.7 Å². The second-order valence-electron chi connectivity index (χ2n) is 10.6.